The van der Waals surface area contributed by atoms with E-state index < -0.39 is 0 Å². The molecule has 2 N–H and O–H groups in total. The zero-order chi connectivity index (χ0) is 17.4. The van der Waals surface area contributed by atoms with E-state index in [1.54, 1.807) is 20.3 Å². The molecule has 0 bridgehead atoms. The third-order valence-electron chi connectivity index (χ3n) is 3.30. The maximum absolute atomic E-state index is 13.2. The first-order valence-electron chi connectivity index (χ1n) is 7.68. The number of hydrogen-bond acceptors (Lipinski definition) is 3. The summed E-state index contributed by atoms with van der Waals surface area (Å²) in [6.07, 6.45) is 0. The third-order valence-corrected chi connectivity index (χ3v) is 3.30. The Morgan fingerprint density at radius 1 is 1.08 bits per heavy atom. The standard InChI is InChI=1S/C18H22FN3O2.HI/c1-4-20-18(21-12-13-6-5-7-14(19)10-13)22-15-8-9-16(23-2)17(11-15)24-3;/h5-11H,4,12H2,1-3H3,(H2,20,21,22);1H. The number of ether oxygens (including phenoxy) is 2. The molecule has 0 heterocycles. The molecule has 136 valence electrons. The van der Waals surface area contributed by atoms with Gasteiger partial charge in [0.15, 0.2) is 17.5 Å². The van der Waals surface area contributed by atoms with Gasteiger partial charge in [-0.25, -0.2) is 9.38 Å². The molecule has 25 heavy (non-hydrogen) atoms. The first-order chi connectivity index (χ1) is 11.7. The number of aliphatic imine (C=N–C) groups is 1. The van der Waals surface area contributed by atoms with Crippen LogP contribution in [0.1, 0.15) is 12.5 Å². The van der Waals surface area contributed by atoms with Gasteiger partial charge in [-0.05, 0) is 36.8 Å². The molecule has 0 saturated carbocycles. The lowest BCUT2D eigenvalue weighted by Crippen LogP contribution is -2.30. The van der Waals surface area contributed by atoms with Crippen LogP contribution in [-0.2, 0) is 6.54 Å². The summed E-state index contributed by atoms with van der Waals surface area (Å²) in [5.74, 6) is 1.63. The Morgan fingerprint density at radius 3 is 2.48 bits per heavy atom. The van der Waals surface area contributed by atoms with Gasteiger partial charge in [0.2, 0.25) is 0 Å². The fourth-order valence-corrected chi connectivity index (χ4v) is 2.16. The molecule has 2 aromatic rings. The van der Waals surface area contributed by atoms with Crippen LogP contribution in [0.5, 0.6) is 11.5 Å². The van der Waals surface area contributed by atoms with Crippen molar-refractivity contribution in [1.82, 2.24) is 5.32 Å². The lowest BCUT2D eigenvalue weighted by Gasteiger charge is -2.14. The van der Waals surface area contributed by atoms with Gasteiger partial charge in [0.05, 0.1) is 20.8 Å². The molecule has 0 spiro atoms. The van der Waals surface area contributed by atoms with Crippen LogP contribution >= 0.6 is 24.0 Å². The minimum absolute atomic E-state index is 0. The second-order valence-electron chi connectivity index (χ2n) is 5.02. The summed E-state index contributed by atoms with van der Waals surface area (Å²) in [7, 11) is 3.18. The molecule has 0 saturated heterocycles. The lowest BCUT2D eigenvalue weighted by atomic mass is 10.2. The quantitative estimate of drug-likeness (QED) is 0.389. The Labute approximate surface area is 164 Å². The van der Waals surface area contributed by atoms with Gasteiger partial charge < -0.3 is 20.1 Å². The fraction of sp³-hybridized carbons (Fsp3) is 0.278. The minimum Gasteiger partial charge on any atom is -0.493 e. The maximum atomic E-state index is 13.2. The Hall–Kier alpha value is -2.03. The van der Waals surface area contributed by atoms with Crippen LogP contribution in [0.15, 0.2) is 47.5 Å². The molecule has 0 aliphatic carbocycles. The first kappa shape index (κ1) is 21.0. The lowest BCUT2D eigenvalue weighted by molar-refractivity contribution is 0.355. The molecular weight excluding hydrogens is 436 g/mol. The highest BCUT2D eigenvalue weighted by molar-refractivity contribution is 14.0. The number of nitrogens with one attached hydrogen (secondary N) is 2. The summed E-state index contributed by atoms with van der Waals surface area (Å²) in [5.41, 5.74) is 1.62. The number of rotatable bonds is 6. The summed E-state index contributed by atoms with van der Waals surface area (Å²) in [6, 6.07) is 11.9. The highest BCUT2D eigenvalue weighted by Crippen LogP contribution is 2.29. The van der Waals surface area contributed by atoms with Gasteiger partial charge >= 0.3 is 0 Å². The molecule has 0 atom stereocenters. The highest BCUT2D eigenvalue weighted by Gasteiger charge is 2.06. The van der Waals surface area contributed by atoms with E-state index in [-0.39, 0.29) is 29.8 Å². The zero-order valence-corrected chi connectivity index (χ0v) is 16.8. The molecule has 0 unspecified atom stereocenters. The topological polar surface area (TPSA) is 54.9 Å². The van der Waals surface area contributed by atoms with E-state index in [2.05, 4.69) is 15.6 Å². The van der Waals surface area contributed by atoms with Crippen LogP contribution in [0.25, 0.3) is 0 Å². The van der Waals surface area contributed by atoms with Crippen LogP contribution in [-0.4, -0.2) is 26.7 Å². The molecule has 5 nitrogen and oxygen atoms in total. The van der Waals surface area contributed by atoms with Crippen molar-refractivity contribution < 1.29 is 13.9 Å². The molecule has 0 aliphatic rings. The molecule has 0 amide bonds. The smallest absolute Gasteiger partial charge is 0.196 e. The third kappa shape index (κ3) is 6.41. The van der Waals surface area contributed by atoms with Crippen molar-refractivity contribution in [2.24, 2.45) is 4.99 Å². The number of hydrogen-bond donors (Lipinski definition) is 2. The highest BCUT2D eigenvalue weighted by atomic mass is 127. The first-order valence-corrected chi connectivity index (χ1v) is 7.68. The van der Waals surface area contributed by atoms with E-state index in [1.165, 1.54) is 12.1 Å². The SMILES string of the molecule is CCNC(=NCc1cccc(F)c1)Nc1ccc(OC)c(OC)c1.I. The van der Waals surface area contributed by atoms with Gasteiger partial charge in [-0.3, -0.25) is 0 Å². The monoisotopic (exact) mass is 459 g/mol. The Morgan fingerprint density at radius 2 is 1.84 bits per heavy atom. The minimum atomic E-state index is -0.263. The molecule has 2 aromatic carbocycles. The van der Waals surface area contributed by atoms with E-state index >= 15 is 0 Å². The van der Waals surface area contributed by atoms with E-state index in [9.17, 15) is 4.39 Å². The van der Waals surface area contributed by atoms with Crippen LogP contribution in [0.4, 0.5) is 10.1 Å². The van der Waals surface area contributed by atoms with Gasteiger partial charge in [-0.2, -0.15) is 0 Å². The van der Waals surface area contributed by atoms with Crippen molar-refractivity contribution in [2.75, 3.05) is 26.1 Å². The van der Waals surface area contributed by atoms with Crippen LogP contribution < -0.4 is 20.1 Å². The summed E-state index contributed by atoms with van der Waals surface area (Å²) >= 11 is 0. The van der Waals surface area contributed by atoms with Crippen LogP contribution in [0.3, 0.4) is 0 Å². The Bertz CT molecular complexity index is 710. The summed E-state index contributed by atoms with van der Waals surface area (Å²) < 4.78 is 23.8. The fourth-order valence-electron chi connectivity index (χ4n) is 2.16. The largest absolute Gasteiger partial charge is 0.493 e. The molecule has 0 aromatic heterocycles. The number of nitrogens with zero attached hydrogens (tertiary/aromatic N) is 1. The molecule has 0 radical (unpaired) electrons. The number of benzene rings is 2. The van der Waals surface area contributed by atoms with Gasteiger partial charge in [0.25, 0.3) is 0 Å². The summed E-state index contributed by atoms with van der Waals surface area (Å²) in [5, 5.41) is 6.36. The summed E-state index contributed by atoms with van der Waals surface area (Å²) in [4.78, 5) is 4.47. The Balaban J connectivity index is 0.00000312. The van der Waals surface area contributed by atoms with E-state index in [0.717, 1.165) is 11.3 Å². The predicted molar refractivity (Wildman–Crippen MR) is 110 cm³/mol. The number of halogens is 2. The van der Waals surface area contributed by atoms with Gasteiger partial charge in [0, 0.05) is 18.3 Å². The van der Waals surface area contributed by atoms with Crippen molar-refractivity contribution in [1.29, 1.82) is 0 Å². The molecule has 0 fully saturated rings. The number of anilines is 1. The molecular formula is C18H23FIN3O2. The van der Waals surface area contributed by atoms with Crippen molar-refractivity contribution in [2.45, 2.75) is 13.5 Å². The van der Waals surface area contributed by atoms with E-state index in [0.29, 0.717) is 30.5 Å². The van der Waals surface area contributed by atoms with E-state index in [4.69, 9.17) is 9.47 Å². The Kier molecular flexibility index (Phi) is 9.04. The second kappa shape index (κ2) is 10.8. The van der Waals surface area contributed by atoms with Gasteiger partial charge in [-0.15, -0.1) is 24.0 Å². The number of methoxy groups -OCH3 is 2. The maximum Gasteiger partial charge on any atom is 0.196 e. The average Bonchev–Trinajstić information content (AvgIpc) is 2.60. The van der Waals surface area contributed by atoms with Crippen molar-refractivity contribution in [3.05, 3.63) is 53.8 Å². The summed E-state index contributed by atoms with van der Waals surface area (Å²) in [6.45, 7) is 3.07. The van der Waals surface area contributed by atoms with Crippen LogP contribution in [0.2, 0.25) is 0 Å². The normalized spacial score (nSPS) is 10.6. The van der Waals surface area contributed by atoms with Crippen molar-refractivity contribution in [3.63, 3.8) is 0 Å². The average molecular weight is 459 g/mol. The van der Waals surface area contributed by atoms with Gasteiger partial charge in [0.1, 0.15) is 5.82 Å². The molecule has 2 rings (SSSR count). The zero-order valence-electron chi connectivity index (χ0n) is 14.5. The van der Waals surface area contributed by atoms with Gasteiger partial charge in [-0.1, -0.05) is 12.1 Å². The number of guanidine groups is 1. The van der Waals surface area contributed by atoms with E-state index in [1.807, 2.05) is 31.2 Å². The second-order valence-corrected chi connectivity index (χ2v) is 5.02. The van der Waals surface area contributed by atoms with Crippen molar-refractivity contribution >= 4 is 35.6 Å². The molecule has 0 aliphatic heterocycles. The van der Waals surface area contributed by atoms with Crippen molar-refractivity contribution in [3.8, 4) is 11.5 Å². The molecule has 7 heteroatoms. The predicted octanol–water partition coefficient (Wildman–Crippen LogP) is 4.04. The van der Waals surface area contributed by atoms with Crippen LogP contribution in [0, 0.1) is 5.82 Å².